The number of nitrogens with two attached hydrogens (primary N) is 1. The van der Waals surface area contributed by atoms with Crippen LogP contribution >= 0.6 is 23.2 Å². The van der Waals surface area contributed by atoms with E-state index in [1.54, 1.807) is 36.3 Å². The Morgan fingerprint density at radius 2 is 1.95 bits per heavy atom. The Morgan fingerprint density at radius 3 is 2.64 bits per heavy atom. The molecule has 2 N–H and O–H groups in total. The molecule has 0 aromatic heterocycles. The fourth-order valence-electron chi connectivity index (χ4n) is 2.63. The van der Waals surface area contributed by atoms with Crippen LogP contribution in [0.25, 0.3) is 0 Å². The summed E-state index contributed by atoms with van der Waals surface area (Å²) in [6.45, 7) is 0. The van der Waals surface area contributed by atoms with Crippen LogP contribution in [0.15, 0.2) is 42.5 Å². The maximum atomic E-state index is 12.2. The first kappa shape index (κ1) is 15.2. The van der Waals surface area contributed by atoms with Crippen molar-refractivity contribution in [1.82, 2.24) is 0 Å². The number of anilines is 1. The minimum atomic E-state index is -0.620. The van der Waals surface area contributed by atoms with Crippen LogP contribution in [0.4, 0.5) is 5.69 Å². The van der Waals surface area contributed by atoms with Gasteiger partial charge in [0.15, 0.2) is 0 Å². The van der Waals surface area contributed by atoms with Gasteiger partial charge in [0.2, 0.25) is 5.91 Å². The zero-order valence-electron chi connectivity index (χ0n) is 11.8. The first-order valence-corrected chi connectivity index (χ1v) is 7.46. The minimum absolute atomic E-state index is 0.149. The van der Waals surface area contributed by atoms with Crippen molar-refractivity contribution < 1.29 is 9.53 Å². The zero-order valence-corrected chi connectivity index (χ0v) is 13.3. The summed E-state index contributed by atoms with van der Waals surface area (Å²) in [6.07, 6.45) is 0. The molecule has 2 atom stereocenters. The summed E-state index contributed by atoms with van der Waals surface area (Å²) in [5.41, 5.74) is 7.49. The summed E-state index contributed by atoms with van der Waals surface area (Å²) in [7, 11) is 1.58. The molecule has 1 fully saturated rings. The quantitative estimate of drug-likeness (QED) is 0.873. The first-order chi connectivity index (χ1) is 10.5. The van der Waals surface area contributed by atoms with Gasteiger partial charge in [-0.05, 0) is 29.8 Å². The Hall–Kier alpha value is -1.75. The standard InChI is InChI=1S/C16H14Cl2N2O2/c1-22-11-4-2-3-10(8-11)20-15(14(19)16(20)21)12-6-5-9(17)7-13(12)18/h2-8,14-15H,19H2,1H3/t14-,15-/m0/s1. The third-order valence-electron chi connectivity index (χ3n) is 3.75. The van der Waals surface area contributed by atoms with E-state index in [4.69, 9.17) is 33.7 Å². The van der Waals surface area contributed by atoms with Gasteiger partial charge < -0.3 is 15.4 Å². The summed E-state index contributed by atoms with van der Waals surface area (Å²) in [5, 5.41) is 1.04. The first-order valence-electron chi connectivity index (χ1n) is 6.70. The SMILES string of the molecule is COc1cccc(N2C(=O)[C@@H](N)[C@@H]2c2ccc(Cl)cc2Cl)c1. The summed E-state index contributed by atoms with van der Waals surface area (Å²) in [5.74, 6) is 0.524. The molecular weight excluding hydrogens is 323 g/mol. The van der Waals surface area contributed by atoms with Crippen LogP contribution in [-0.2, 0) is 4.79 Å². The van der Waals surface area contributed by atoms with Crippen LogP contribution in [0, 0.1) is 0 Å². The number of amides is 1. The van der Waals surface area contributed by atoms with E-state index in [2.05, 4.69) is 0 Å². The van der Waals surface area contributed by atoms with Crippen molar-refractivity contribution >= 4 is 34.8 Å². The van der Waals surface area contributed by atoms with Gasteiger partial charge in [0, 0.05) is 21.8 Å². The number of ether oxygens (including phenoxy) is 1. The molecule has 22 heavy (non-hydrogen) atoms. The molecule has 0 bridgehead atoms. The number of hydrogen-bond donors (Lipinski definition) is 1. The summed E-state index contributed by atoms with van der Waals surface area (Å²) < 4.78 is 5.20. The average Bonchev–Trinajstić information content (AvgIpc) is 2.52. The highest BCUT2D eigenvalue weighted by atomic mass is 35.5. The lowest BCUT2D eigenvalue weighted by Crippen LogP contribution is -2.63. The Kier molecular flexibility index (Phi) is 4.00. The van der Waals surface area contributed by atoms with Crippen molar-refractivity contribution in [3.8, 4) is 5.75 Å². The van der Waals surface area contributed by atoms with E-state index in [9.17, 15) is 4.79 Å². The molecule has 1 aliphatic heterocycles. The molecule has 2 aromatic rings. The van der Waals surface area contributed by atoms with Gasteiger partial charge in [0.05, 0.1) is 13.2 Å². The lowest BCUT2D eigenvalue weighted by atomic mass is 9.88. The highest BCUT2D eigenvalue weighted by Gasteiger charge is 2.47. The van der Waals surface area contributed by atoms with Gasteiger partial charge in [0.25, 0.3) is 0 Å². The van der Waals surface area contributed by atoms with Crippen LogP contribution in [0.5, 0.6) is 5.75 Å². The van der Waals surface area contributed by atoms with Gasteiger partial charge in [0.1, 0.15) is 11.8 Å². The third-order valence-corrected chi connectivity index (χ3v) is 4.32. The molecule has 1 amide bonds. The smallest absolute Gasteiger partial charge is 0.247 e. The van der Waals surface area contributed by atoms with E-state index < -0.39 is 6.04 Å². The lowest BCUT2D eigenvalue weighted by molar-refractivity contribution is -0.126. The van der Waals surface area contributed by atoms with Gasteiger partial charge in [-0.25, -0.2) is 0 Å². The predicted octanol–water partition coefficient (Wildman–Crippen LogP) is 3.42. The monoisotopic (exact) mass is 336 g/mol. The Bertz CT molecular complexity index is 736. The third kappa shape index (κ3) is 2.43. The molecule has 0 radical (unpaired) electrons. The van der Waals surface area contributed by atoms with Crippen molar-refractivity contribution in [3.05, 3.63) is 58.1 Å². The molecule has 0 spiro atoms. The highest BCUT2D eigenvalue weighted by molar-refractivity contribution is 6.35. The number of carbonyl (C=O) groups is 1. The molecule has 4 nitrogen and oxygen atoms in total. The molecule has 6 heteroatoms. The fraction of sp³-hybridized carbons (Fsp3) is 0.188. The van der Waals surface area contributed by atoms with Gasteiger partial charge >= 0.3 is 0 Å². The summed E-state index contributed by atoms with van der Waals surface area (Å²) >= 11 is 12.2. The number of β-lactam (4-membered cyclic amide) rings is 1. The van der Waals surface area contributed by atoms with E-state index in [1.807, 2.05) is 18.2 Å². The number of halogens is 2. The molecule has 0 aliphatic carbocycles. The number of benzene rings is 2. The van der Waals surface area contributed by atoms with Gasteiger partial charge in [-0.3, -0.25) is 4.79 Å². The second-order valence-electron chi connectivity index (χ2n) is 5.05. The van der Waals surface area contributed by atoms with E-state index in [-0.39, 0.29) is 11.9 Å². The van der Waals surface area contributed by atoms with E-state index in [0.29, 0.717) is 15.8 Å². The number of carbonyl (C=O) groups excluding carboxylic acids is 1. The van der Waals surface area contributed by atoms with E-state index >= 15 is 0 Å². The van der Waals surface area contributed by atoms with Crippen LogP contribution in [0.2, 0.25) is 10.0 Å². The Labute approximate surface area is 138 Å². The second kappa shape index (κ2) is 5.80. The van der Waals surface area contributed by atoms with E-state index in [1.165, 1.54) is 0 Å². The van der Waals surface area contributed by atoms with E-state index in [0.717, 1.165) is 11.3 Å². The zero-order chi connectivity index (χ0) is 15.9. The highest BCUT2D eigenvalue weighted by Crippen LogP contribution is 2.42. The largest absolute Gasteiger partial charge is 0.497 e. The Morgan fingerprint density at radius 1 is 1.18 bits per heavy atom. The molecule has 0 saturated carbocycles. The Balaban J connectivity index is 2.01. The van der Waals surface area contributed by atoms with Gasteiger partial charge in [-0.15, -0.1) is 0 Å². The van der Waals surface area contributed by atoms with Crippen molar-refractivity contribution in [2.24, 2.45) is 5.73 Å². The molecule has 1 saturated heterocycles. The lowest BCUT2D eigenvalue weighted by Gasteiger charge is -2.46. The van der Waals surface area contributed by atoms with Gasteiger partial charge in [-0.2, -0.15) is 0 Å². The van der Waals surface area contributed by atoms with Crippen LogP contribution in [0.1, 0.15) is 11.6 Å². The van der Waals surface area contributed by atoms with Crippen molar-refractivity contribution in [3.63, 3.8) is 0 Å². The number of nitrogens with zero attached hydrogens (tertiary/aromatic N) is 1. The maximum Gasteiger partial charge on any atom is 0.247 e. The van der Waals surface area contributed by atoms with Gasteiger partial charge in [-0.1, -0.05) is 35.3 Å². The molecule has 3 rings (SSSR count). The average molecular weight is 337 g/mol. The van der Waals surface area contributed by atoms with Crippen molar-refractivity contribution in [1.29, 1.82) is 0 Å². The number of methoxy groups -OCH3 is 1. The second-order valence-corrected chi connectivity index (χ2v) is 5.89. The van der Waals surface area contributed by atoms with Crippen LogP contribution < -0.4 is 15.4 Å². The normalized spacial score (nSPS) is 20.7. The van der Waals surface area contributed by atoms with Crippen LogP contribution in [-0.4, -0.2) is 19.1 Å². The fourth-order valence-corrected chi connectivity index (χ4v) is 3.15. The van der Waals surface area contributed by atoms with Crippen LogP contribution in [0.3, 0.4) is 0 Å². The molecule has 0 unspecified atom stereocenters. The molecule has 1 heterocycles. The molecule has 1 aliphatic rings. The number of rotatable bonds is 3. The topological polar surface area (TPSA) is 55.6 Å². The molecule has 114 valence electrons. The predicted molar refractivity (Wildman–Crippen MR) is 87.7 cm³/mol. The minimum Gasteiger partial charge on any atom is -0.497 e. The molecular formula is C16H14Cl2N2O2. The van der Waals surface area contributed by atoms with Crippen molar-refractivity contribution in [2.75, 3.05) is 12.0 Å². The summed E-state index contributed by atoms with van der Waals surface area (Å²) in [6, 6.07) is 11.5. The number of hydrogen-bond acceptors (Lipinski definition) is 3. The maximum absolute atomic E-state index is 12.2. The molecule has 2 aromatic carbocycles. The van der Waals surface area contributed by atoms with Crippen molar-refractivity contribution in [2.45, 2.75) is 12.1 Å². The summed E-state index contributed by atoms with van der Waals surface area (Å²) in [4.78, 5) is 13.8.